The zero-order valence-corrected chi connectivity index (χ0v) is 27.3. The molecule has 7 aromatic rings. The third-order valence-corrected chi connectivity index (χ3v) is 10.0. The molecule has 0 radical (unpaired) electrons. The Hall–Kier alpha value is -5.87. The smallest absolute Gasteiger partial charge is 0.266 e. The molecule has 234 valence electrons. The summed E-state index contributed by atoms with van der Waals surface area (Å²) in [7, 11) is -4.10. The molecule has 0 atom stereocenters. The molecule has 0 amide bonds. The number of hydrogen-bond donors (Lipinski definition) is 0. The van der Waals surface area contributed by atoms with Gasteiger partial charge in [0.2, 0.25) is 5.88 Å². The van der Waals surface area contributed by atoms with Crippen LogP contribution < -0.4 is 4.31 Å². The van der Waals surface area contributed by atoms with E-state index in [0.29, 0.717) is 11.1 Å². The highest BCUT2D eigenvalue weighted by molar-refractivity contribution is 7.92. The second-order valence-electron chi connectivity index (χ2n) is 11.6. The number of benzene rings is 6. The summed E-state index contributed by atoms with van der Waals surface area (Å²) in [5.41, 5.74) is 11.3. The molecule has 0 aliphatic rings. The van der Waals surface area contributed by atoms with Crippen LogP contribution in [0.4, 0.5) is 5.88 Å². The summed E-state index contributed by atoms with van der Waals surface area (Å²) in [5.74, 6) is 0.229. The monoisotopic (exact) mass is 643 g/mol. The molecule has 0 aliphatic carbocycles. The topological polar surface area (TPSA) is 50.5 Å². The van der Waals surface area contributed by atoms with Crippen molar-refractivity contribution in [3.05, 3.63) is 209 Å². The molecule has 0 bridgehead atoms. The van der Waals surface area contributed by atoms with Crippen molar-refractivity contribution in [3.63, 3.8) is 0 Å². The number of aryl methyl sites for hydroxylation is 1. The van der Waals surface area contributed by atoms with Gasteiger partial charge in [0.15, 0.2) is 0 Å². The minimum atomic E-state index is -4.10. The zero-order chi connectivity index (χ0) is 32.9. The van der Waals surface area contributed by atoms with E-state index >= 15 is 0 Å². The first-order chi connectivity index (χ1) is 23.5. The van der Waals surface area contributed by atoms with Crippen LogP contribution in [0.5, 0.6) is 0 Å². The molecule has 0 N–H and O–H groups in total. The third-order valence-electron chi connectivity index (χ3n) is 8.27. The van der Waals surface area contributed by atoms with Gasteiger partial charge in [0.1, 0.15) is 5.58 Å². The molecule has 0 saturated carbocycles. The van der Waals surface area contributed by atoms with E-state index in [1.54, 1.807) is 12.1 Å². The lowest BCUT2D eigenvalue weighted by Gasteiger charge is -2.24. The maximum Gasteiger partial charge on any atom is 0.266 e. The standard InChI is InChI=1S/C43H33NO3S/c1-32-26-28-37(29-27-32)48(45,46)44(31-33-16-6-2-7-17-33)43-42(38-24-14-15-25-41(38)47-43)40(36-22-12-5-13-23-36)30-39(34-18-8-3-9-19-34)35-20-10-4-11-21-35/h2-29H,31H2,1H3. The molecular formula is C43H33NO3S. The lowest BCUT2D eigenvalue weighted by Crippen LogP contribution is -2.31. The van der Waals surface area contributed by atoms with Gasteiger partial charge in [0, 0.05) is 16.5 Å². The van der Waals surface area contributed by atoms with E-state index in [4.69, 9.17) is 4.42 Å². The van der Waals surface area contributed by atoms with Crippen LogP contribution >= 0.6 is 0 Å². The molecule has 0 spiro atoms. The van der Waals surface area contributed by atoms with Gasteiger partial charge < -0.3 is 4.42 Å². The van der Waals surface area contributed by atoms with Crippen LogP contribution in [0.15, 0.2) is 185 Å². The van der Waals surface area contributed by atoms with Gasteiger partial charge >= 0.3 is 0 Å². The maximum atomic E-state index is 14.7. The van der Waals surface area contributed by atoms with Crippen LogP contribution in [0.25, 0.3) is 22.1 Å². The summed E-state index contributed by atoms with van der Waals surface area (Å²) in [6.45, 7) is 2.01. The number of anilines is 1. The predicted octanol–water partition coefficient (Wildman–Crippen LogP) is 10.3. The van der Waals surface area contributed by atoms with Gasteiger partial charge in [-0.1, -0.05) is 157 Å². The summed E-state index contributed by atoms with van der Waals surface area (Å²) >= 11 is 0. The Morgan fingerprint density at radius 2 is 1.06 bits per heavy atom. The normalized spacial score (nSPS) is 11.2. The number of para-hydroxylation sites is 1. The fourth-order valence-electron chi connectivity index (χ4n) is 5.83. The first-order valence-corrected chi connectivity index (χ1v) is 17.3. The van der Waals surface area contributed by atoms with Gasteiger partial charge in [0.25, 0.3) is 10.0 Å². The van der Waals surface area contributed by atoms with E-state index < -0.39 is 10.0 Å². The lowest BCUT2D eigenvalue weighted by molar-refractivity contribution is 0.570. The Morgan fingerprint density at radius 3 is 1.62 bits per heavy atom. The maximum absolute atomic E-state index is 14.7. The van der Waals surface area contributed by atoms with E-state index in [1.165, 1.54) is 4.31 Å². The SMILES string of the molecule is Cc1ccc(S(=O)(=O)N(Cc2ccccc2)c2oc3ccccc3c2C(=C=C(c2ccccc2)c2ccccc2)c2ccccc2)cc1. The molecular weight excluding hydrogens is 611 g/mol. The molecule has 1 heterocycles. The minimum absolute atomic E-state index is 0.0693. The molecule has 0 fully saturated rings. The summed E-state index contributed by atoms with van der Waals surface area (Å²) in [5, 5.41) is 0.788. The first-order valence-electron chi connectivity index (χ1n) is 15.8. The van der Waals surface area contributed by atoms with E-state index in [1.807, 2.05) is 140 Å². The van der Waals surface area contributed by atoms with Crippen molar-refractivity contribution in [2.45, 2.75) is 18.4 Å². The number of furan rings is 1. The van der Waals surface area contributed by atoms with Crippen molar-refractivity contribution >= 4 is 38.0 Å². The lowest BCUT2D eigenvalue weighted by atomic mass is 9.93. The van der Waals surface area contributed by atoms with Crippen molar-refractivity contribution in [3.8, 4) is 0 Å². The Morgan fingerprint density at radius 1 is 0.583 bits per heavy atom. The average molecular weight is 644 g/mol. The molecule has 5 heteroatoms. The fourth-order valence-corrected chi connectivity index (χ4v) is 7.23. The highest BCUT2D eigenvalue weighted by Gasteiger charge is 2.33. The first kappa shape index (κ1) is 30.8. The van der Waals surface area contributed by atoms with Crippen molar-refractivity contribution in [2.75, 3.05) is 4.31 Å². The molecule has 0 aliphatic heterocycles. The fraction of sp³-hybridized carbons (Fsp3) is 0.0465. The quantitative estimate of drug-likeness (QED) is 0.147. The molecule has 0 unspecified atom stereocenters. The molecule has 4 nitrogen and oxygen atoms in total. The van der Waals surface area contributed by atoms with Crippen LogP contribution in [-0.4, -0.2) is 8.42 Å². The van der Waals surface area contributed by atoms with Gasteiger partial charge in [0.05, 0.1) is 17.0 Å². The molecule has 0 saturated heterocycles. The molecule has 48 heavy (non-hydrogen) atoms. The second kappa shape index (κ2) is 13.5. The number of sulfonamides is 1. The zero-order valence-electron chi connectivity index (χ0n) is 26.5. The minimum Gasteiger partial charge on any atom is -0.439 e. The summed E-state index contributed by atoms with van der Waals surface area (Å²) < 4.78 is 37.5. The summed E-state index contributed by atoms with van der Waals surface area (Å²) in [4.78, 5) is 0.186. The largest absolute Gasteiger partial charge is 0.439 e. The van der Waals surface area contributed by atoms with Crippen LogP contribution in [0.3, 0.4) is 0 Å². The second-order valence-corrected chi connectivity index (χ2v) is 13.4. The Kier molecular flexibility index (Phi) is 8.63. The Labute approximate surface area is 281 Å². The van der Waals surface area contributed by atoms with Gasteiger partial charge in [-0.25, -0.2) is 12.7 Å². The predicted molar refractivity (Wildman–Crippen MR) is 195 cm³/mol. The Balaban J connectivity index is 1.59. The number of hydrogen-bond acceptors (Lipinski definition) is 3. The van der Waals surface area contributed by atoms with Crippen molar-refractivity contribution in [2.24, 2.45) is 0 Å². The van der Waals surface area contributed by atoms with Crippen LogP contribution in [0.1, 0.15) is 33.4 Å². The van der Waals surface area contributed by atoms with E-state index in [9.17, 15) is 8.42 Å². The molecule has 7 rings (SSSR count). The number of nitrogens with zero attached hydrogens (tertiary/aromatic N) is 1. The summed E-state index contributed by atoms with van der Waals surface area (Å²) in [6, 6.07) is 54.5. The Bertz CT molecular complexity index is 2300. The van der Waals surface area contributed by atoms with Gasteiger partial charge in [-0.05, 0) is 47.4 Å². The van der Waals surface area contributed by atoms with E-state index in [0.717, 1.165) is 44.3 Å². The highest BCUT2D eigenvalue weighted by Crippen LogP contribution is 2.43. The van der Waals surface area contributed by atoms with Crippen LogP contribution in [-0.2, 0) is 16.6 Å². The summed E-state index contributed by atoms with van der Waals surface area (Å²) in [6.07, 6.45) is 0. The molecule has 6 aromatic carbocycles. The van der Waals surface area contributed by atoms with Crippen molar-refractivity contribution < 1.29 is 12.8 Å². The van der Waals surface area contributed by atoms with Crippen LogP contribution in [0, 0.1) is 6.92 Å². The molecule has 1 aromatic heterocycles. The van der Waals surface area contributed by atoms with Crippen LogP contribution in [0.2, 0.25) is 0 Å². The highest BCUT2D eigenvalue weighted by atomic mass is 32.2. The van der Waals surface area contributed by atoms with E-state index in [-0.39, 0.29) is 17.3 Å². The van der Waals surface area contributed by atoms with E-state index in [2.05, 4.69) is 30.0 Å². The van der Waals surface area contributed by atoms with Crippen molar-refractivity contribution in [1.29, 1.82) is 0 Å². The van der Waals surface area contributed by atoms with Crippen molar-refractivity contribution in [1.82, 2.24) is 0 Å². The number of rotatable bonds is 9. The van der Waals surface area contributed by atoms with Gasteiger partial charge in [-0.2, -0.15) is 0 Å². The average Bonchev–Trinajstić information content (AvgIpc) is 3.51. The van der Waals surface area contributed by atoms with Gasteiger partial charge in [-0.15, -0.1) is 5.73 Å². The van der Waals surface area contributed by atoms with Gasteiger partial charge in [-0.3, -0.25) is 0 Å². The number of fused-ring (bicyclic) bond motifs is 1. The third kappa shape index (κ3) is 6.25.